The van der Waals surface area contributed by atoms with Crippen molar-refractivity contribution in [1.29, 1.82) is 0 Å². The zero-order valence-corrected chi connectivity index (χ0v) is 14.2. The highest BCUT2D eigenvalue weighted by molar-refractivity contribution is 5.78. The molecule has 1 aliphatic rings. The van der Waals surface area contributed by atoms with Crippen molar-refractivity contribution in [2.75, 3.05) is 0 Å². The number of carbonyl (C=O) groups excluding carboxylic acids is 1. The Morgan fingerprint density at radius 2 is 1.96 bits per heavy atom. The van der Waals surface area contributed by atoms with Crippen molar-refractivity contribution in [3.63, 3.8) is 0 Å². The minimum Gasteiger partial charge on any atom is -0.353 e. The van der Waals surface area contributed by atoms with Crippen molar-refractivity contribution >= 4 is 11.6 Å². The molecule has 0 aliphatic heterocycles. The molecule has 1 saturated carbocycles. The SMILES string of the molecule is Cc1nn(CC(C)C(=O)NC2CCCCCC2)c(C)c1[N+](=O)[O-]. The van der Waals surface area contributed by atoms with Crippen LogP contribution in [0.2, 0.25) is 0 Å². The maximum atomic E-state index is 12.4. The maximum absolute atomic E-state index is 12.4. The predicted octanol–water partition coefficient (Wildman–Crippen LogP) is 2.88. The Morgan fingerprint density at radius 1 is 1.35 bits per heavy atom. The molecule has 0 spiro atoms. The van der Waals surface area contributed by atoms with Crippen LogP contribution in [0.25, 0.3) is 0 Å². The second-order valence-corrected chi connectivity index (χ2v) is 6.56. The summed E-state index contributed by atoms with van der Waals surface area (Å²) in [6, 6.07) is 0.266. The minimum absolute atomic E-state index is 0.00658. The van der Waals surface area contributed by atoms with Gasteiger partial charge in [0.25, 0.3) is 0 Å². The van der Waals surface area contributed by atoms with Gasteiger partial charge in [-0.3, -0.25) is 19.6 Å². The topological polar surface area (TPSA) is 90.1 Å². The lowest BCUT2D eigenvalue weighted by atomic mass is 10.1. The van der Waals surface area contributed by atoms with Gasteiger partial charge in [-0.05, 0) is 26.7 Å². The first-order chi connectivity index (χ1) is 10.9. The quantitative estimate of drug-likeness (QED) is 0.513. The fourth-order valence-electron chi connectivity index (χ4n) is 3.24. The van der Waals surface area contributed by atoms with Gasteiger partial charge in [0.1, 0.15) is 11.4 Å². The average molecular weight is 322 g/mol. The van der Waals surface area contributed by atoms with Crippen molar-refractivity contribution in [2.24, 2.45) is 5.92 Å². The number of nitrogens with one attached hydrogen (secondary N) is 1. The molecule has 1 aromatic heterocycles. The molecule has 1 N–H and O–H groups in total. The second kappa shape index (κ2) is 7.57. The van der Waals surface area contributed by atoms with E-state index in [1.807, 2.05) is 6.92 Å². The molecule has 1 atom stereocenters. The summed E-state index contributed by atoms with van der Waals surface area (Å²) in [6.07, 6.45) is 6.92. The summed E-state index contributed by atoms with van der Waals surface area (Å²) in [5.41, 5.74) is 0.937. The Balaban J connectivity index is 1.98. The van der Waals surface area contributed by atoms with Crippen LogP contribution in [-0.2, 0) is 11.3 Å². The zero-order chi connectivity index (χ0) is 17.0. The number of nitrogens with zero attached hydrogens (tertiary/aromatic N) is 3. The van der Waals surface area contributed by atoms with E-state index < -0.39 is 4.92 Å². The highest BCUT2D eigenvalue weighted by Crippen LogP contribution is 2.23. The van der Waals surface area contributed by atoms with Gasteiger partial charge in [0.15, 0.2) is 0 Å². The molecular weight excluding hydrogens is 296 g/mol. The summed E-state index contributed by atoms with van der Waals surface area (Å²) in [5.74, 6) is -0.261. The van der Waals surface area contributed by atoms with Gasteiger partial charge in [-0.15, -0.1) is 0 Å². The molecular formula is C16H26N4O3. The van der Waals surface area contributed by atoms with Crippen molar-refractivity contribution in [1.82, 2.24) is 15.1 Å². The van der Waals surface area contributed by atoms with Crippen LogP contribution in [0.5, 0.6) is 0 Å². The lowest BCUT2D eigenvalue weighted by molar-refractivity contribution is -0.386. The first-order valence-electron chi connectivity index (χ1n) is 8.39. The standard InChI is InChI=1S/C16H26N4O3/c1-11(16(21)17-14-8-6-4-5-7-9-14)10-19-13(3)15(20(22)23)12(2)18-19/h11,14H,4-10H2,1-3H3,(H,17,21). The summed E-state index contributed by atoms with van der Waals surface area (Å²) in [5, 5.41) is 18.4. The summed E-state index contributed by atoms with van der Waals surface area (Å²) < 4.78 is 1.57. The predicted molar refractivity (Wildman–Crippen MR) is 87.2 cm³/mol. The third-order valence-electron chi connectivity index (χ3n) is 4.62. The summed E-state index contributed by atoms with van der Waals surface area (Å²) >= 11 is 0. The van der Waals surface area contributed by atoms with E-state index in [2.05, 4.69) is 10.4 Å². The smallest absolute Gasteiger partial charge is 0.312 e. The maximum Gasteiger partial charge on any atom is 0.312 e. The van der Waals surface area contributed by atoms with Crippen LogP contribution in [0.15, 0.2) is 0 Å². The zero-order valence-electron chi connectivity index (χ0n) is 14.2. The molecule has 0 aromatic carbocycles. The van der Waals surface area contributed by atoms with E-state index >= 15 is 0 Å². The minimum atomic E-state index is -0.412. The molecule has 1 heterocycles. The fraction of sp³-hybridized carbons (Fsp3) is 0.750. The van der Waals surface area contributed by atoms with Gasteiger partial charge in [0.05, 0.1) is 17.4 Å². The summed E-state index contributed by atoms with van der Waals surface area (Å²) in [4.78, 5) is 23.0. The Kier molecular flexibility index (Phi) is 5.74. The van der Waals surface area contributed by atoms with Crippen LogP contribution in [0.4, 0.5) is 5.69 Å². The van der Waals surface area contributed by atoms with Crippen molar-refractivity contribution in [2.45, 2.75) is 71.9 Å². The molecule has 7 nitrogen and oxygen atoms in total. The van der Waals surface area contributed by atoms with Crippen LogP contribution in [0, 0.1) is 29.9 Å². The first kappa shape index (κ1) is 17.4. The van der Waals surface area contributed by atoms with Gasteiger partial charge in [-0.1, -0.05) is 32.6 Å². The van der Waals surface area contributed by atoms with Crippen molar-refractivity contribution < 1.29 is 9.72 Å². The van der Waals surface area contributed by atoms with E-state index in [0.29, 0.717) is 17.9 Å². The normalized spacial score (nSPS) is 17.5. The molecule has 1 aromatic rings. The molecule has 128 valence electrons. The molecule has 0 bridgehead atoms. The molecule has 1 fully saturated rings. The number of hydrogen-bond donors (Lipinski definition) is 1. The monoisotopic (exact) mass is 322 g/mol. The number of aryl methyl sites for hydroxylation is 1. The van der Waals surface area contributed by atoms with E-state index in [-0.39, 0.29) is 23.6 Å². The Labute approximate surface area is 136 Å². The van der Waals surface area contributed by atoms with Crippen LogP contribution < -0.4 is 5.32 Å². The molecule has 2 rings (SSSR count). The molecule has 0 radical (unpaired) electrons. The molecule has 0 saturated heterocycles. The van der Waals surface area contributed by atoms with Gasteiger partial charge in [-0.25, -0.2) is 0 Å². The average Bonchev–Trinajstić information content (AvgIpc) is 2.67. The molecule has 1 amide bonds. The highest BCUT2D eigenvalue weighted by atomic mass is 16.6. The van der Waals surface area contributed by atoms with Gasteiger partial charge in [0, 0.05) is 6.04 Å². The third-order valence-corrected chi connectivity index (χ3v) is 4.62. The number of carbonyl (C=O) groups is 1. The lowest BCUT2D eigenvalue weighted by Crippen LogP contribution is -2.39. The molecule has 1 aliphatic carbocycles. The number of rotatable bonds is 5. The Bertz CT molecular complexity index is 574. The van der Waals surface area contributed by atoms with E-state index in [9.17, 15) is 14.9 Å². The van der Waals surface area contributed by atoms with Crippen LogP contribution in [-0.4, -0.2) is 26.7 Å². The Hall–Kier alpha value is -1.92. The second-order valence-electron chi connectivity index (χ2n) is 6.56. The number of nitro groups is 1. The largest absolute Gasteiger partial charge is 0.353 e. The number of amides is 1. The van der Waals surface area contributed by atoms with Gasteiger partial charge >= 0.3 is 5.69 Å². The summed E-state index contributed by atoms with van der Waals surface area (Å²) in [7, 11) is 0. The van der Waals surface area contributed by atoms with Gasteiger partial charge in [0.2, 0.25) is 5.91 Å². The number of aromatic nitrogens is 2. The van der Waals surface area contributed by atoms with Crippen LogP contribution in [0.1, 0.15) is 56.8 Å². The van der Waals surface area contributed by atoms with E-state index in [4.69, 9.17) is 0 Å². The van der Waals surface area contributed by atoms with Crippen LogP contribution >= 0.6 is 0 Å². The van der Waals surface area contributed by atoms with E-state index in [1.165, 1.54) is 25.7 Å². The summed E-state index contributed by atoms with van der Waals surface area (Å²) in [6.45, 7) is 5.50. The first-order valence-corrected chi connectivity index (χ1v) is 8.39. The van der Waals surface area contributed by atoms with E-state index in [1.54, 1.807) is 18.5 Å². The highest BCUT2D eigenvalue weighted by Gasteiger charge is 2.25. The van der Waals surface area contributed by atoms with Crippen molar-refractivity contribution in [3.8, 4) is 0 Å². The lowest BCUT2D eigenvalue weighted by Gasteiger charge is -2.19. The van der Waals surface area contributed by atoms with Gasteiger partial charge < -0.3 is 5.32 Å². The van der Waals surface area contributed by atoms with Gasteiger partial charge in [-0.2, -0.15) is 5.10 Å². The third kappa shape index (κ3) is 4.30. The Morgan fingerprint density at radius 3 is 2.48 bits per heavy atom. The van der Waals surface area contributed by atoms with E-state index in [0.717, 1.165) is 12.8 Å². The van der Waals surface area contributed by atoms with Crippen LogP contribution in [0.3, 0.4) is 0 Å². The fourth-order valence-corrected chi connectivity index (χ4v) is 3.24. The van der Waals surface area contributed by atoms with Crippen molar-refractivity contribution in [3.05, 3.63) is 21.5 Å². The molecule has 7 heteroatoms. The number of hydrogen-bond acceptors (Lipinski definition) is 4. The molecule has 23 heavy (non-hydrogen) atoms. The molecule has 1 unspecified atom stereocenters.